The minimum Gasteiger partial charge on any atom is -0.350 e. The Balaban J connectivity index is 1.78. The molecule has 0 spiro atoms. The molecular weight excluding hydrogens is 306 g/mol. The molecule has 1 heterocycles. The predicted octanol–water partition coefficient (Wildman–Crippen LogP) is 1.43. The van der Waals surface area contributed by atoms with Crippen molar-refractivity contribution in [2.24, 2.45) is 0 Å². The van der Waals surface area contributed by atoms with Gasteiger partial charge in [0.1, 0.15) is 0 Å². The van der Waals surface area contributed by atoms with Crippen molar-refractivity contribution >= 4 is 16.9 Å². The molecule has 0 saturated heterocycles. The number of aromatic amines is 1. The average molecular weight is 323 g/mol. The smallest absolute Gasteiger partial charge is 0.316 e. The minimum absolute atomic E-state index is 0.211. The number of para-hydroxylation sites is 2. The van der Waals surface area contributed by atoms with Gasteiger partial charge in [-0.2, -0.15) is 0 Å². The van der Waals surface area contributed by atoms with Crippen molar-refractivity contribution in [3.63, 3.8) is 0 Å². The maximum absolute atomic E-state index is 12.1. The summed E-state index contributed by atoms with van der Waals surface area (Å²) in [5.74, 6) is -0.211. The molecule has 6 nitrogen and oxygen atoms in total. The lowest BCUT2D eigenvalue weighted by Gasteiger charge is -2.10. The molecule has 2 N–H and O–H groups in total. The van der Waals surface area contributed by atoms with Crippen LogP contribution >= 0.6 is 0 Å². The highest BCUT2D eigenvalue weighted by Crippen LogP contribution is 2.07. The third-order valence-corrected chi connectivity index (χ3v) is 3.82. The Hall–Kier alpha value is -3.15. The van der Waals surface area contributed by atoms with Crippen molar-refractivity contribution in [3.8, 4) is 0 Å². The molecule has 6 heteroatoms. The van der Waals surface area contributed by atoms with E-state index in [0.29, 0.717) is 16.6 Å². The molecule has 24 heavy (non-hydrogen) atoms. The van der Waals surface area contributed by atoms with Crippen LogP contribution in [0.15, 0.2) is 58.1 Å². The van der Waals surface area contributed by atoms with E-state index in [1.54, 1.807) is 36.4 Å². The normalized spacial score (nSPS) is 10.7. The summed E-state index contributed by atoms with van der Waals surface area (Å²) < 4.78 is 1.38. The van der Waals surface area contributed by atoms with E-state index < -0.39 is 11.1 Å². The van der Waals surface area contributed by atoms with Crippen LogP contribution in [0, 0.1) is 6.92 Å². The molecule has 122 valence electrons. The Morgan fingerprint density at radius 1 is 1.08 bits per heavy atom. The van der Waals surface area contributed by atoms with Gasteiger partial charge in [-0.15, -0.1) is 0 Å². The van der Waals surface area contributed by atoms with Crippen LogP contribution in [0.2, 0.25) is 0 Å². The highest BCUT2D eigenvalue weighted by Gasteiger charge is 2.08. The van der Waals surface area contributed by atoms with Gasteiger partial charge in [-0.3, -0.25) is 14.4 Å². The summed E-state index contributed by atoms with van der Waals surface area (Å²) in [5, 5.41) is 2.77. The molecule has 0 bridgehead atoms. The zero-order valence-corrected chi connectivity index (χ0v) is 13.2. The molecule has 0 fully saturated rings. The van der Waals surface area contributed by atoms with Crippen molar-refractivity contribution in [3.05, 3.63) is 80.4 Å². The summed E-state index contributed by atoms with van der Waals surface area (Å²) in [5.41, 5.74) is 1.56. The van der Waals surface area contributed by atoms with Gasteiger partial charge in [0.05, 0.1) is 11.0 Å². The van der Waals surface area contributed by atoms with Gasteiger partial charge >= 0.3 is 11.1 Å². The number of benzene rings is 2. The Morgan fingerprint density at radius 2 is 1.79 bits per heavy atom. The third-order valence-electron chi connectivity index (χ3n) is 3.82. The number of fused-ring (bicyclic) bond motifs is 1. The number of nitrogens with one attached hydrogen (secondary N) is 2. The van der Waals surface area contributed by atoms with Crippen molar-refractivity contribution in [2.75, 3.05) is 6.54 Å². The lowest BCUT2D eigenvalue weighted by Crippen LogP contribution is -2.39. The highest BCUT2D eigenvalue weighted by atomic mass is 16.2. The lowest BCUT2D eigenvalue weighted by molar-refractivity contribution is 0.0952. The molecule has 0 saturated carbocycles. The van der Waals surface area contributed by atoms with E-state index in [0.717, 1.165) is 5.56 Å². The fourth-order valence-electron chi connectivity index (χ4n) is 2.53. The molecule has 0 aliphatic heterocycles. The van der Waals surface area contributed by atoms with Crippen LogP contribution in [0.25, 0.3) is 11.0 Å². The number of H-pyrrole nitrogens is 1. The molecule has 3 rings (SSSR count). The number of nitrogens with zero attached hydrogens (tertiary/aromatic N) is 1. The summed E-state index contributed by atoms with van der Waals surface area (Å²) in [6.07, 6.45) is 0. The van der Waals surface area contributed by atoms with Crippen LogP contribution < -0.4 is 16.4 Å². The Kier molecular flexibility index (Phi) is 4.29. The Labute approximate surface area is 137 Å². The van der Waals surface area contributed by atoms with E-state index in [1.807, 2.05) is 19.1 Å². The van der Waals surface area contributed by atoms with Crippen LogP contribution in [-0.2, 0) is 6.54 Å². The molecule has 1 amide bonds. The van der Waals surface area contributed by atoms with Crippen LogP contribution in [0.4, 0.5) is 0 Å². The zero-order chi connectivity index (χ0) is 17.1. The first-order valence-corrected chi connectivity index (χ1v) is 7.63. The van der Waals surface area contributed by atoms with Crippen LogP contribution in [0.1, 0.15) is 15.9 Å². The average Bonchev–Trinajstić information content (AvgIpc) is 2.58. The lowest BCUT2D eigenvalue weighted by atomic mass is 10.1. The van der Waals surface area contributed by atoms with E-state index in [1.165, 1.54) is 4.57 Å². The number of aromatic nitrogens is 2. The second-order valence-corrected chi connectivity index (χ2v) is 5.55. The summed E-state index contributed by atoms with van der Waals surface area (Å²) in [6, 6.07) is 14.3. The van der Waals surface area contributed by atoms with Crippen LogP contribution in [-0.4, -0.2) is 22.0 Å². The van der Waals surface area contributed by atoms with Crippen molar-refractivity contribution in [2.45, 2.75) is 13.5 Å². The quantitative estimate of drug-likeness (QED) is 0.712. The summed E-state index contributed by atoms with van der Waals surface area (Å²) in [6.45, 7) is 2.42. The van der Waals surface area contributed by atoms with Gasteiger partial charge in [0, 0.05) is 18.7 Å². The number of amides is 1. The predicted molar refractivity (Wildman–Crippen MR) is 92.3 cm³/mol. The molecule has 0 radical (unpaired) electrons. The van der Waals surface area contributed by atoms with E-state index in [2.05, 4.69) is 10.3 Å². The van der Waals surface area contributed by atoms with Gasteiger partial charge in [-0.05, 0) is 31.2 Å². The Morgan fingerprint density at radius 3 is 2.54 bits per heavy atom. The molecule has 2 aromatic carbocycles. The van der Waals surface area contributed by atoms with Crippen LogP contribution in [0.5, 0.6) is 0 Å². The maximum Gasteiger partial charge on any atom is 0.316 e. The Bertz CT molecular complexity index is 1000. The number of hydrogen-bond acceptors (Lipinski definition) is 3. The highest BCUT2D eigenvalue weighted by molar-refractivity contribution is 5.94. The molecule has 0 unspecified atom stereocenters. The zero-order valence-electron chi connectivity index (χ0n) is 13.2. The van der Waals surface area contributed by atoms with Gasteiger partial charge < -0.3 is 14.9 Å². The van der Waals surface area contributed by atoms with Crippen molar-refractivity contribution < 1.29 is 4.79 Å². The second-order valence-electron chi connectivity index (χ2n) is 5.55. The monoisotopic (exact) mass is 323 g/mol. The number of carbonyl (C=O) groups is 1. The van der Waals surface area contributed by atoms with Gasteiger partial charge in [-0.1, -0.05) is 29.8 Å². The first-order chi connectivity index (χ1) is 11.6. The van der Waals surface area contributed by atoms with E-state index in [9.17, 15) is 14.4 Å². The topological polar surface area (TPSA) is 84.0 Å². The van der Waals surface area contributed by atoms with Crippen molar-refractivity contribution in [1.82, 2.24) is 14.9 Å². The first kappa shape index (κ1) is 15.7. The van der Waals surface area contributed by atoms with Gasteiger partial charge in [0.2, 0.25) is 0 Å². The SMILES string of the molecule is Cc1ccc(C(=O)NCCn2c(=O)c(=O)[nH]c3ccccc32)cc1. The van der Waals surface area contributed by atoms with Crippen molar-refractivity contribution in [1.29, 1.82) is 0 Å². The van der Waals surface area contributed by atoms with Gasteiger partial charge in [-0.25, -0.2) is 0 Å². The molecule has 1 aromatic heterocycles. The molecule has 0 aliphatic carbocycles. The summed E-state index contributed by atoms with van der Waals surface area (Å²) >= 11 is 0. The van der Waals surface area contributed by atoms with Gasteiger partial charge in [0.25, 0.3) is 5.91 Å². The maximum atomic E-state index is 12.1. The number of carbonyl (C=O) groups excluding carboxylic acids is 1. The third kappa shape index (κ3) is 3.12. The number of aryl methyl sites for hydroxylation is 1. The van der Waals surface area contributed by atoms with Gasteiger partial charge in [0.15, 0.2) is 0 Å². The van der Waals surface area contributed by atoms with E-state index in [-0.39, 0.29) is 19.0 Å². The fraction of sp³-hybridized carbons (Fsp3) is 0.167. The summed E-state index contributed by atoms with van der Waals surface area (Å²) in [4.78, 5) is 38.4. The minimum atomic E-state index is -0.668. The second kappa shape index (κ2) is 6.54. The number of hydrogen-bond donors (Lipinski definition) is 2. The fourth-order valence-corrected chi connectivity index (χ4v) is 2.53. The number of rotatable bonds is 4. The van der Waals surface area contributed by atoms with E-state index >= 15 is 0 Å². The van der Waals surface area contributed by atoms with E-state index in [4.69, 9.17) is 0 Å². The van der Waals surface area contributed by atoms with Crippen LogP contribution in [0.3, 0.4) is 0 Å². The largest absolute Gasteiger partial charge is 0.350 e. The standard InChI is InChI=1S/C18H17N3O3/c1-12-6-8-13(9-7-12)16(22)19-10-11-21-15-5-3-2-4-14(15)20-17(23)18(21)24/h2-9H,10-11H2,1H3,(H,19,22)(H,20,23). The molecule has 0 aliphatic rings. The molecule has 0 atom stereocenters. The molecule has 3 aromatic rings. The summed E-state index contributed by atoms with van der Waals surface area (Å²) in [7, 11) is 0. The molecular formula is C18H17N3O3. The first-order valence-electron chi connectivity index (χ1n) is 7.63.